The normalized spacial score (nSPS) is 17.5. The van der Waals surface area contributed by atoms with E-state index in [2.05, 4.69) is 35.2 Å². The van der Waals surface area contributed by atoms with Gasteiger partial charge < -0.3 is 10.0 Å². The topological polar surface area (TPSA) is 23.5 Å². The van der Waals surface area contributed by atoms with Gasteiger partial charge in [-0.1, -0.05) is 42.5 Å². The Hall–Kier alpha value is -1.71. The van der Waals surface area contributed by atoms with Crippen molar-refractivity contribution in [3.8, 4) is 0 Å². The fraction of sp³-hybridized carbons (Fsp3) is 0.455. The third kappa shape index (κ3) is 5.38. The minimum Gasteiger partial charge on any atom is -0.388 e. The second-order valence-electron chi connectivity index (χ2n) is 7.12. The smallest absolute Gasteiger partial charge is 0.123 e. The van der Waals surface area contributed by atoms with Crippen LogP contribution in [0, 0.1) is 11.7 Å². The Balaban J connectivity index is 1.36. The SMILES string of the molecule is OC(c1ccc(F)cc1)C1CCN(CCCCc2ccccc2)CC1. The average Bonchev–Trinajstić information content (AvgIpc) is 2.67. The Kier molecular flexibility index (Phi) is 6.60. The predicted octanol–water partition coefficient (Wildman–Crippen LogP) is 4.59. The van der Waals surface area contributed by atoms with Crippen molar-refractivity contribution >= 4 is 0 Å². The number of piperidine rings is 1. The molecule has 0 saturated carbocycles. The Morgan fingerprint density at radius 2 is 1.64 bits per heavy atom. The summed E-state index contributed by atoms with van der Waals surface area (Å²) in [6.07, 6.45) is 5.15. The Morgan fingerprint density at radius 1 is 0.960 bits per heavy atom. The van der Waals surface area contributed by atoms with Crippen molar-refractivity contribution in [2.75, 3.05) is 19.6 Å². The molecule has 1 heterocycles. The fourth-order valence-corrected chi connectivity index (χ4v) is 3.73. The maximum atomic E-state index is 13.0. The lowest BCUT2D eigenvalue weighted by Gasteiger charge is -2.34. The minimum absolute atomic E-state index is 0.249. The summed E-state index contributed by atoms with van der Waals surface area (Å²) < 4.78 is 13.0. The molecule has 1 N–H and O–H groups in total. The molecule has 2 nitrogen and oxygen atoms in total. The first-order valence-electron chi connectivity index (χ1n) is 9.42. The number of likely N-dealkylation sites (tertiary alicyclic amines) is 1. The highest BCUT2D eigenvalue weighted by molar-refractivity contribution is 5.19. The number of nitrogens with zero attached hydrogens (tertiary/aromatic N) is 1. The number of hydrogen-bond acceptors (Lipinski definition) is 2. The number of halogens is 1. The molecule has 0 radical (unpaired) electrons. The molecular weight excluding hydrogens is 313 g/mol. The van der Waals surface area contributed by atoms with Gasteiger partial charge in [-0.2, -0.15) is 0 Å². The van der Waals surface area contributed by atoms with E-state index in [1.165, 1.54) is 30.5 Å². The van der Waals surface area contributed by atoms with Crippen LogP contribution in [-0.2, 0) is 6.42 Å². The molecule has 2 aromatic rings. The first kappa shape index (κ1) is 18.1. The van der Waals surface area contributed by atoms with Crippen molar-refractivity contribution < 1.29 is 9.50 Å². The Labute approximate surface area is 150 Å². The molecule has 0 spiro atoms. The maximum absolute atomic E-state index is 13.0. The summed E-state index contributed by atoms with van der Waals surface area (Å²) in [6.45, 7) is 3.24. The second kappa shape index (κ2) is 9.12. The van der Waals surface area contributed by atoms with Crippen molar-refractivity contribution in [1.29, 1.82) is 0 Å². The van der Waals surface area contributed by atoms with Gasteiger partial charge in [0.1, 0.15) is 5.82 Å². The molecule has 0 bridgehead atoms. The number of aliphatic hydroxyl groups excluding tert-OH is 1. The van der Waals surface area contributed by atoms with Crippen molar-refractivity contribution in [3.05, 3.63) is 71.5 Å². The van der Waals surface area contributed by atoms with Crippen LogP contribution in [0.4, 0.5) is 4.39 Å². The lowest BCUT2D eigenvalue weighted by molar-refractivity contribution is 0.0584. The minimum atomic E-state index is -0.471. The van der Waals surface area contributed by atoms with Crippen LogP contribution < -0.4 is 0 Å². The summed E-state index contributed by atoms with van der Waals surface area (Å²) in [5.41, 5.74) is 2.26. The number of aryl methyl sites for hydroxylation is 1. The van der Waals surface area contributed by atoms with Crippen LogP contribution in [0.3, 0.4) is 0 Å². The van der Waals surface area contributed by atoms with E-state index in [1.807, 2.05) is 0 Å². The molecule has 0 amide bonds. The van der Waals surface area contributed by atoms with Crippen LogP contribution in [-0.4, -0.2) is 29.6 Å². The highest BCUT2D eigenvalue weighted by Crippen LogP contribution is 2.30. The van der Waals surface area contributed by atoms with E-state index >= 15 is 0 Å². The van der Waals surface area contributed by atoms with Gasteiger partial charge in [0.15, 0.2) is 0 Å². The van der Waals surface area contributed by atoms with Gasteiger partial charge in [-0.05, 0) is 80.9 Å². The lowest BCUT2D eigenvalue weighted by atomic mass is 9.87. The summed E-state index contributed by atoms with van der Waals surface area (Å²) in [6, 6.07) is 16.9. The molecule has 3 rings (SSSR count). The summed E-state index contributed by atoms with van der Waals surface area (Å²) in [5, 5.41) is 10.5. The van der Waals surface area contributed by atoms with E-state index in [0.29, 0.717) is 0 Å². The Bertz CT molecular complexity index is 620. The van der Waals surface area contributed by atoms with E-state index in [1.54, 1.807) is 12.1 Å². The first-order chi connectivity index (χ1) is 12.2. The molecule has 1 aliphatic heterocycles. The number of aliphatic hydroxyl groups is 1. The fourth-order valence-electron chi connectivity index (χ4n) is 3.73. The number of hydrogen-bond donors (Lipinski definition) is 1. The van der Waals surface area contributed by atoms with Crippen LogP contribution in [0.15, 0.2) is 54.6 Å². The zero-order valence-corrected chi connectivity index (χ0v) is 14.8. The molecule has 25 heavy (non-hydrogen) atoms. The molecule has 1 atom stereocenters. The summed E-state index contributed by atoms with van der Waals surface area (Å²) in [4.78, 5) is 2.51. The van der Waals surface area contributed by atoms with Gasteiger partial charge in [0, 0.05) is 0 Å². The third-order valence-corrected chi connectivity index (χ3v) is 5.32. The monoisotopic (exact) mass is 341 g/mol. The van der Waals surface area contributed by atoms with E-state index in [4.69, 9.17) is 0 Å². The van der Waals surface area contributed by atoms with Crippen LogP contribution in [0.25, 0.3) is 0 Å². The number of benzene rings is 2. The molecule has 1 unspecified atom stereocenters. The van der Waals surface area contributed by atoms with Gasteiger partial charge in [-0.15, -0.1) is 0 Å². The van der Waals surface area contributed by atoms with Gasteiger partial charge in [-0.3, -0.25) is 0 Å². The zero-order valence-electron chi connectivity index (χ0n) is 14.8. The molecule has 1 saturated heterocycles. The Morgan fingerprint density at radius 3 is 2.32 bits per heavy atom. The number of rotatable bonds is 7. The molecule has 134 valence electrons. The van der Waals surface area contributed by atoms with Crippen LogP contribution in [0.5, 0.6) is 0 Å². The predicted molar refractivity (Wildman–Crippen MR) is 99.9 cm³/mol. The largest absolute Gasteiger partial charge is 0.388 e. The van der Waals surface area contributed by atoms with Crippen molar-refractivity contribution in [1.82, 2.24) is 4.90 Å². The van der Waals surface area contributed by atoms with Gasteiger partial charge in [0.2, 0.25) is 0 Å². The number of unbranched alkanes of at least 4 members (excludes halogenated alkanes) is 1. The van der Waals surface area contributed by atoms with E-state index < -0.39 is 6.10 Å². The van der Waals surface area contributed by atoms with Gasteiger partial charge in [-0.25, -0.2) is 4.39 Å². The maximum Gasteiger partial charge on any atom is 0.123 e. The molecular formula is C22H28FNO. The van der Waals surface area contributed by atoms with E-state index in [9.17, 15) is 9.50 Å². The van der Waals surface area contributed by atoms with Crippen LogP contribution in [0.2, 0.25) is 0 Å². The van der Waals surface area contributed by atoms with Gasteiger partial charge in [0.25, 0.3) is 0 Å². The molecule has 2 aromatic carbocycles. The highest BCUT2D eigenvalue weighted by atomic mass is 19.1. The van der Waals surface area contributed by atoms with Crippen molar-refractivity contribution in [3.63, 3.8) is 0 Å². The van der Waals surface area contributed by atoms with E-state index in [0.717, 1.165) is 44.5 Å². The highest BCUT2D eigenvalue weighted by Gasteiger charge is 2.25. The van der Waals surface area contributed by atoms with Crippen molar-refractivity contribution in [2.45, 2.75) is 38.2 Å². The molecule has 1 fully saturated rings. The quantitative estimate of drug-likeness (QED) is 0.744. The molecule has 3 heteroatoms. The van der Waals surface area contributed by atoms with Gasteiger partial charge >= 0.3 is 0 Å². The average molecular weight is 341 g/mol. The second-order valence-corrected chi connectivity index (χ2v) is 7.12. The van der Waals surface area contributed by atoms with Crippen LogP contribution >= 0.6 is 0 Å². The first-order valence-corrected chi connectivity index (χ1v) is 9.42. The summed E-state index contributed by atoms with van der Waals surface area (Å²) in [5.74, 6) is 0.0345. The van der Waals surface area contributed by atoms with Crippen LogP contribution in [0.1, 0.15) is 42.9 Å². The zero-order chi connectivity index (χ0) is 17.5. The van der Waals surface area contributed by atoms with Crippen molar-refractivity contribution in [2.24, 2.45) is 5.92 Å². The summed E-state index contributed by atoms with van der Waals surface area (Å²) in [7, 11) is 0. The molecule has 1 aliphatic rings. The van der Waals surface area contributed by atoms with Gasteiger partial charge in [0.05, 0.1) is 6.10 Å². The van der Waals surface area contributed by atoms with E-state index in [-0.39, 0.29) is 11.7 Å². The molecule has 0 aromatic heterocycles. The summed E-state index contributed by atoms with van der Waals surface area (Å²) >= 11 is 0. The molecule has 0 aliphatic carbocycles. The standard InChI is InChI=1S/C22H28FNO/c23-21-11-9-19(10-12-21)22(25)20-13-16-24(17-14-20)15-5-4-8-18-6-2-1-3-7-18/h1-3,6-7,9-12,20,22,25H,4-5,8,13-17H2. The lowest BCUT2D eigenvalue weighted by Crippen LogP contribution is -2.36. The third-order valence-electron chi connectivity index (χ3n) is 5.32.